The number of amides is 3. The Morgan fingerprint density at radius 2 is 1.73 bits per heavy atom. The molecular formula is C20H27N3O3. The zero-order valence-electron chi connectivity index (χ0n) is 15.6. The minimum absolute atomic E-state index is 0.122. The summed E-state index contributed by atoms with van der Waals surface area (Å²) in [5.74, 6) is -0.465. The Labute approximate surface area is 154 Å². The average molecular weight is 357 g/mol. The van der Waals surface area contributed by atoms with Crippen molar-refractivity contribution in [2.75, 3.05) is 19.6 Å². The molecular weight excluding hydrogens is 330 g/mol. The van der Waals surface area contributed by atoms with E-state index in [0.717, 1.165) is 19.5 Å². The number of nitrogens with one attached hydrogen (secondary N) is 1. The fourth-order valence-electron chi connectivity index (χ4n) is 3.61. The van der Waals surface area contributed by atoms with Crippen LogP contribution in [0.15, 0.2) is 24.3 Å². The van der Waals surface area contributed by atoms with Gasteiger partial charge in [0.05, 0.1) is 0 Å². The maximum atomic E-state index is 12.2. The van der Waals surface area contributed by atoms with Gasteiger partial charge in [-0.1, -0.05) is 24.3 Å². The molecule has 140 valence electrons. The number of likely N-dealkylation sites (tertiary alicyclic amines) is 1. The molecule has 1 saturated heterocycles. The summed E-state index contributed by atoms with van der Waals surface area (Å²) >= 11 is 0. The Hall–Kier alpha value is -2.21. The van der Waals surface area contributed by atoms with Crippen molar-refractivity contribution in [1.82, 2.24) is 15.1 Å². The molecule has 2 heterocycles. The van der Waals surface area contributed by atoms with Crippen molar-refractivity contribution in [2.24, 2.45) is 0 Å². The molecule has 3 amide bonds. The maximum Gasteiger partial charge on any atom is 0.229 e. The number of carbonyl (C=O) groups is 3. The number of hydrogen-bond acceptors (Lipinski definition) is 4. The molecule has 0 unspecified atom stereocenters. The van der Waals surface area contributed by atoms with Crippen LogP contribution in [-0.4, -0.2) is 52.7 Å². The summed E-state index contributed by atoms with van der Waals surface area (Å²) in [6.45, 7) is 6.84. The molecule has 1 N–H and O–H groups in total. The van der Waals surface area contributed by atoms with Crippen molar-refractivity contribution in [3.05, 3.63) is 35.4 Å². The largest absolute Gasteiger partial charge is 0.354 e. The Kier molecular flexibility index (Phi) is 5.41. The van der Waals surface area contributed by atoms with E-state index in [0.29, 0.717) is 6.54 Å². The molecule has 0 bridgehead atoms. The van der Waals surface area contributed by atoms with Gasteiger partial charge in [0.15, 0.2) is 0 Å². The van der Waals surface area contributed by atoms with E-state index >= 15 is 0 Å². The second-order valence-electron chi connectivity index (χ2n) is 7.72. The van der Waals surface area contributed by atoms with Crippen molar-refractivity contribution in [3.63, 3.8) is 0 Å². The predicted octanol–water partition coefficient (Wildman–Crippen LogP) is 1.48. The topological polar surface area (TPSA) is 69.7 Å². The molecule has 6 heteroatoms. The first-order valence-corrected chi connectivity index (χ1v) is 9.28. The smallest absolute Gasteiger partial charge is 0.229 e. The van der Waals surface area contributed by atoms with Crippen LogP contribution in [0.2, 0.25) is 0 Å². The van der Waals surface area contributed by atoms with Crippen molar-refractivity contribution >= 4 is 17.7 Å². The first kappa shape index (κ1) is 18.6. The van der Waals surface area contributed by atoms with Crippen molar-refractivity contribution in [2.45, 2.75) is 51.6 Å². The summed E-state index contributed by atoms with van der Waals surface area (Å²) in [6, 6.07) is 8.50. The molecule has 6 nitrogen and oxygen atoms in total. The third-order valence-electron chi connectivity index (χ3n) is 5.42. The van der Waals surface area contributed by atoms with Crippen molar-refractivity contribution < 1.29 is 14.4 Å². The van der Waals surface area contributed by atoms with Crippen LogP contribution in [0.25, 0.3) is 0 Å². The van der Waals surface area contributed by atoms with Gasteiger partial charge in [0.25, 0.3) is 0 Å². The van der Waals surface area contributed by atoms with Crippen LogP contribution in [-0.2, 0) is 27.3 Å². The second kappa shape index (κ2) is 7.58. The summed E-state index contributed by atoms with van der Waals surface area (Å²) in [6.07, 6.45) is 1.72. The average Bonchev–Trinajstić information content (AvgIpc) is 2.96. The number of benzene rings is 1. The van der Waals surface area contributed by atoms with Gasteiger partial charge < -0.3 is 5.32 Å². The van der Waals surface area contributed by atoms with Crippen LogP contribution >= 0.6 is 0 Å². The molecule has 1 aromatic carbocycles. The van der Waals surface area contributed by atoms with Gasteiger partial charge in [-0.3, -0.25) is 24.2 Å². The van der Waals surface area contributed by atoms with Gasteiger partial charge in [0.1, 0.15) is 0 Å². The standard InChI is InChI=1S/C20H27N3O3/c1-20(2,22-11-9-15-5-3-4-6-16(15)13-22)14-21-17(24)10-12-23-18(25)7-8-19(23)26/h3-6H,7-14H2,1-2H3,(H,21,24). The molecule has 26 heavy (non-hydrogen) atoms. The second-order valence-corrected chi connectivity index (χ2v) is 7.72. The Morgan fingerprint density at radius 1 is 1.08 bits per heavy atom. The summed E-state index contributed by atoms with van der Waals surface area (Å²) in [7, 11) is 0. The van der Waals surface area contributed by atoms with Crippen molar-refractivity contribution in [1.29, 1.82) is 0 Å². The normalized spacial score (nSPS) is 18.2. The molecule has 2 aliphatic heterocycles. The molecule has 2 aliphatic rings. The SMILES string of the molecule is CC(C)(CNC(=O)CCN1C(=O)CCC1=O)N1CCc2ccccc2C1. The van der Waals surface area contributed by atoms with E-state index in [4.69, 9.17) is 0 Å². The van der Waals surface area contributed by atoms with Gasteiger partial charge in [-0.15, -0.1) is 0 Å². The number of nitrogens with zero attached hydrogens (tertiary/aromatic N) is 2. The lowest BCUT2D eigenvalue weighted by molar-refractivity contribution is -0.138. The van der Waals surface area contributed by atoms with Gasteiger partial charge in [-0.05, 0) is 31.4 Å². The van der Waals surface area contributed by atoms with E-state index in [-0.39, 0.29) is 49.1 Å². The Morgan fingerprint density at radius 3 is 2.42 bits per heavy atom. The number of rotatable bonds is 6. The zero-order valence-corrected chi connectivity index (χ0v) is 15.6. The molecule has 0 radical (unpaired) electrons. The van der Waals surface area contributed by atoms with Crippen LogP contribution in [0.1, 0.15) is 44.2 Å². The number of imide groups is 1. The monoisotopic (exact) mass is 357 g/mol. The molecule has 0 atom stereocenters. The Balaban J connectivity index is 1.48. The lowest BCUT2D eigenvalue weighted by atomic mass is 9.94. The van der Waals surface area contributed by atoms with Gasteiger partial charge in [-0.25, -0.2) is 0 Å². The highest BCUT2D eigenvalue weighted by atomic mass is 16.2. The van der Waals surface area contributed by atoms with Gasteiger partial charge >= 0.3 is 0 Å². The van der Waals surface area contributed by atoms with E-state index in [1.165, 1.54) is 16.0 Å². The van der Waals surface area contributed by atoms with E-state index in [1.54, 1.807) is 0 Å². The van der Waals surface area contributed by atoms with E-state index < -0.39 is 0 Å². The molecule has 1 aromatic rings. The summed E-state index contributed by atoms with van der Waals surface area (Å²) in [4.78, 5) is 38.9. The first-order chi connectivity index (χ1) is 12.4. The van der Waals surface area contributed by atoms with Gasteiger partial charge in [0.2, 0.25) is 17.7 Å². The fourth-order valence-corrected chi connectivity index (χ4v) is 3.61. The van der Waals surface area contributed by atoms with Crippen LogP contribution in [0.4, 0.5) is 0 Å². The first-order valence-electron chi connectivity index (χ1n) is 9.28. The van der Waals surface area contributed by atoms with E-state index in [9.17, 15) is 14.4 Å². The minimum atomic E-state index is -0.171. The van der Waals surface area contributed by atoms with Crippen LogP contribution in [0.5, 0.6) is 0 Å². The quantitative estimate of drug-likeness (QED) is 0.783. The minimum Gasteiger partial charge on any atom is -0.354 e. The van der Waals surface area contributed by atoms with Gasteiger partial charge in [0, 0.05) is 51.0 Å². The van der Waals surface area contributed by atoms with E-state index in [2.05, 4.69) is 48.3 Å². The zero-order chi connectivity index (χ0) is 18.7. The highest BCUT2D eigenvalue weighted by Crippen LogP contribution is 2.25. The van der Waals surface area contributed by atoms with E-state index in [1.807, 2.05) is 0 Å². The van der Waals surface area contributed by atoms with Crippen LogP contribution in [0.3, 0.4) is 0 Å². The number of fused-ring (bicyclic) bond motifs is 1. The molecule has 0 spiro atoms. The summed E-state index contributed by atoms with van der Waals surface area (Å²) < 4.78 is 0. The van der Waals surface area contributed by atoms with Gasteiger partial charge in [-0.2, -0.15) is 0 Å². The predicted molar refractivity (Wildman–Crippen MR) is 98.2 cm³/mol. The number of hydrogen-bond donors (Lipinski definition) is 1. The summed E-state index contributed by atoms with van der Waals surface area (Å²) in [5.41, 5.74) is 2.59. The molecule has 0 aliphatic carbocycles. The third-order valence-corrected chi connectivity index (χ3v) is 5.42. The summed E-state index contributed by atoms with van der Waals surface area (Å²) in [5, 5.41) is 2.97. The highest BCUT2D eigenvalue weighted by molar-refractivity contribution is 6.02. The highest BCUT2D eigenvalue weighted by Gasteiger charge is 2.31. The maximum absolute atomic E-state index is 12.2. The fraction of sp³-hybridized carbons (Fsp3) is 0.550. The molecule has 0 saturated carbocycles. The lowest BCUT2D eigenvalue weighted by Gasteiger charge is -2.41. The third kappa shape index (κ3) is 4.12. The van der Waals surface area contributed by atoms with Crippen LogP contribution < -0.4 is 5.32 Å². The molecule has 0 aromatic heterocycles. The van der Waals surface area contributed by atoms with Crippen LogP contribution in [0, 0.1) is 0 Å². The Bertz CT molecular complexity index is 698. The number of carbonyl (C=O) groups excluding carboxylic acids is 3. The molecule has 1 fully saturated rings. The van der Waals surface area contributed by atoms with Crippen molar-refractivity contribution in [3.8, 4) is 0 Å². The molecule has 3 rings (SSSR count). The lowest BCUT2D eigenvalue weighted by Crippen LogP contribution is -2.53.